The number of fused-ring (bicyclic) bond motifs is 3. The molecule has 0 spiro atoms. The predicted molar refractivity (Wildman–Crippen MR) is 102 cm³/mol. The summed E-state index contributed by atoms with van der Waals surface area (Å²) >= 11 is 0. The summed E-state index contributed by atoms with van der Waals surface area (Å²) in [5.74, 6) is -1.52. The highest BCUT2D eigenvalue weighted by atomic mass is 19.1. The number of nitrogens with zero attached hydrogens (tertiary/aromatic N) is 3. The fourth-order valence-corrected chi connectivity index (χ4v) is 4.84. The normalized spacial score (nSPS) is 24.3. The lowest BCUT2D eigenvalue weighted by Gasteiger charge is -2.35. The van der Waals surface area contributed by atoms with Crippen LogP contribution in [0.4, 0.5) is 10.1 Å². The van der Waals surface area contributed by atoms with Gasteiger partial charge in [-0.1, -0.05) is 0 Å². The summed E-state index contributed by atoms with van der Waals surface area (Å²) in [6.07, 6.45) is 4.15. The predicted octanol–water partition coefficient (Wildman–Crippen LogP) is 2.07. The first kappa shape index (κ1) is 17.5. The monoisotopic (exact) mass is 387 g/mol. The number of aromatic nitrogens is 1. The van der Waals surface area contributed by atoms with Crippen molar-refractivity contribution in [2.75, 3.05) is 32.1 Å². The molecule has 1 N–H and O–H groups in total. The quantitative estimate of drug-likeness (QED) is 0.866. The summed E-state index contributed by atoms with van der Waals surface area (Å²) in [5, 5.41) is 9.48. The van der Waals surface area contributed by atoms with Crippen molar-refractivity contribution in [3.63, 3.8) is 0 Å². The molecule has 1 saturated carbocycles. The van der Waals surface area contributed by atoms with Crippen LogP contribution in [0, 0.1) is 5.82 Å². The van der Waals surface area contributed by atoms with E-state index in [1.807, 2.05) is 4.90 Å². The largest absolute Gasteiger partial charge is 0.492 e. The molecule has 2 aromatic rings. The second kappa shape index (κ2) is 5.94. The zero-order valence-electron chi connectivity index (χ0n) is 15.8. The van der Waals surface area contributed by atoms with Crippen molar-refractivity contribution in [3.05, 3.63) is 33.9 Å². The van der Waals surface area contributed by atoms with Crippen LogP contribution in [-0.4, -0.2) is 59.9 Å². The maximum atomic E-state index is 15.3. The molecule has 0 radical (unpaired) electrons. The second-order valence-corrected chi connectivity index (χ2v) is 8.09. The standard InChI is InChI=1S/C20H22FN3O4/c1-22-7-12-5-11(22)8-23(12)17-15(21)6-13-16(19(17)28-2)24(10-3-4-10)9-14(18(13)25)20(26)27/h6,9-12H,3-5,7-8H2,1-2H3,(H,26,27)/t11-,12-/m0/s1. The van der Waals surface area contributed by atoms with Crippen molar-refractivity contribution >= 4 is 22.6 Å². The summed E-state index contributed by atoms with van der Waals surface area (Å²) in [6, 6.07) is 1.88. The van der Waals surface area contributed by atoms with E-state index in [1.54, 1.807) is 4.57 Å². The molecule has 3 fully saturated rings. The van der Waals surface area contributed by atoms with Crippen molar-refractivity contribution < 1.29 is 19.0 Å². The highest BCUT2D eigenvalue weighted by Crippen LogP contribution is 2.46. The number of likely N-dealkylation sites (N-methyl/N-ethyl adjacent to an activating group) is 1. The average Bonchev–Trinajstić information content (AvgIpc) is 3.33. The summed E-state index contributed by atoms with van der Waals surface area (Å²) in [4.78, 5) is 28.6. The van der Waals surface area contributed by atoms with Crippen molar-refractivity contribution in [3.8, 4) is 5.75 Å². The van der Waals surface area contributed by atoms with Crippen LogP contribution in [0.2, 0.25) is 0 Å². The van der Waals surface area contributed by atoms with Crippen molar-refractivity contribution in [1.82, 2.24) is 9.47 Å². The van der Waals surface area contributed by atoms with Gasteiger partial charge in [0.15, 0.2) is 11.6 Å². The van der Waals surface area contributed by atoms with Gasteiger partial charge in [-0.05, 0) is 32.4 Å². The third-order valence-electron chi connectivity index (χ3n) is 6.37. The highest BCUT2D eigenvalue weighted by molar-refractivity contribution is 5.97. The number of hydrogen-bond acceptors (Lipinski definition) is 5. The van der Waals surface area contributed by atoms with Gasteiger partial charge in [-0.15, -0.1) is 0 Å². The van der Waals surface area contributed by atoms with Gasteiger partial charge in [0, 0.05) is 37.4 Å². The lowest BCUT2D eigenvalue weighted by Crippen LogP contribution is -2.45. The van der Waals surface area contributed by atoms with E-state index in [4.69, 9.17) is 4.74 Å². The van der Waals surface area contributed by atoms with E-state index in [2.05, 4.69) is 11.9 Å². The van der Waals surface area contributed by atoms with E-state index < -0.39 is 17.2 Å². The molecule has 2 atom stereocenters. The fourth-order valence-electron chi connectivity index (χ4n) is 4.84. The van der Waals surface area contributed by atoms with Crippen LogP contribution in [0.25, 0.3) is 10.9 Å². The SMILES string of the molecule is COc1c(N2C[C@@H]3C[C@H]2CN3C)c(F)cc2c(=O)c(C(=O)O)cn(C3CC3)c12. The van der Waals surface area contributed by atoms with Crippen LogP contribution in [0.1, 0.15) is 35.7 Å². The maximum absolute atomic E-state index is 15.3. The fraction of sp³-hybridized carbons (Fsp3) is 0.500. The number of hydrogen-bond donors (Lipinski definition) is 1. The van der Waals surface area contributed by atoms with Crippen LogP contribution >= 0.6 is 0 Å². The Morgan fingerprint density at radius 2 is 2.00 bits per heavy atom. The average molecular weight is 387 g/mol. The third kappa shape index (κ3) is 2.37. The maximum Gasteiger partial charge on any atom is 0.341 e. The Labute approximate surface area is 160 Å². The van der Waals surface area contributed by atoms with Gasteiger partial charge in [0.2, 0.25) is 5.43 Å². The number of likely N-dealkylation sites (tertiary alicyclic amines) is 1. The molecule has 1 aliphatic carbocycles. The van der Waals surface area contributed by atoms with E-state index in [0.29, 0.717) is 29.5 Å². The van der Waals surface area contributed by atoms with Crippen LogP contribution in [-0.2, 0) is 0 Å². The van der Waals surface area contributed by atoms with Gasteiger partial charge in [0.1, 0.15) is 11.3 Å². The lowest BCUT2D eigenvalue weighted by molar-refractivity contribution is 0.0695. The van der Waals surface area contributed by atoms with E-state index in [1.165, 1.54) is 19.4 Å². The molecule has 5 rings (SSSR count). The topological polar surface area (TPSA) is 75.0 Å². The van der Waals surface area contributed by atoms with E-state index in [-0.39, 0.29) is 23.0 Å². The van der Waals surface area contributed by atoms with Gasteiger partial charge in [-0.25, -0.2) is 9.18 Å². The molecule has 28 heavy (non-hydrogen) atoms. The molecular weight excluding hydrogens is 365 g/mol. The second-order valence-electron chi connectivity index (χ2n) is 8.09. The highest BCUT2D eigenvalue weighted by Gasteiger charge is 2.44. The Morgan fingerprint density at radius 3 is 2.54 bits per heavy atom. The molecule has 0 amide bonds. The Balaban J connectivity index is 1.79. The molecule has 3 heterocycles. The number of anilines is 1. The summed E-state index contributed by atoms with van der Waals surface area (Å²) in [7, 11) is 3.55. The first-order valence-electron chi connectivity index (χ1n) is 9.56. The zero-order valence-corrected chi connectivity index (χ0v) is 15.8. The van der Waals surface area contributed by atoms with Gasteiger partial charge in [0.25, 0.3) is 0 Å². The van der Waals surface area contributed by atoms with E-state index >= 15 is 4.39 Å². The number of aromatic carboxylic acids is 1. The smallest absolute Gasteiger partial charge is 0.341 e. The summed E-state index contributed by atoms with van der Waals surface area (Å²) in [6.45, 7) is 1.57. The third-order valence-corrected chi connectivity index (χ3v) is 6.37. The minimum Gasteiger partial charge on any atom is -0.492 e. The Hall–Kier alpha value is -2.61. The van der Waals surface area contributed by atoms with Crippen molar-refractivity contribution in [1.29, 1.82) is 0 Å². The molecular formula is C20H22FN3O4. The lowest BCUT2D eigenvalue weighted by atomic mass is 10.1. The minimum absolute atomic E-state index is 0.0615. The van der Waals surface area contributed by atoms with Crippen LogP contribution in [0.3, 0.4) is 0 Å². The van der Waals surface area contributed by atoms with Crippen molar-refractivity contribution in [2.45, 2.75) is 37.4 Å². The van der Waals surface area contributed by atoms with E-state index in [0.717, 1.165) is 25.8 Å². The molecule has 7 nitrogen and oxygen atoms in total. The Kier molecular flexibility index (Phi) is 3.71. The number of methoxy groups -OCH3 is 1. The first-order valence-corrected chi connectivity index (χ1v) is 9.56. The molecule has 148 valence electrons. The number of halogens is 1. The number of piperazine rings is 1. The molecule has 2 aliphatic heterocycles. The number of ether oxygens (including phenoxy) is 1. The van der Waals surface area contributed by atoms with Gasteiger partial charge in [-0.2, -0.15) is 0 Å². The Morgan fingerprint density at radius 1 is 1.25 bits per heavy atom. The van der Waals surface area contributed by atoms with Gasteiger partial charge < -0.3 is 19.3 Å². The zero-order chi connectivity index (χ0) is 19.7. The number of rotatable bonds is 4. The molecule has 1 aromatic heterocycles. The summed E-state index contributed by atoms with van der Waals surface area (Å²) < 4.78 is 22.7. The molecule has 2 saturated heterocycles. The number of carboxylic acid groups (broad SMARTS) is 1. The van der Waals surface area contributed by atoms with Crippen LogP contribution < -0.4 is 15.1 Å². The van der Waals surface area contributed by atoms with Crippen molar-refractivity contribution in [2.24, 2.45) is 0 Å². The number of pyridine rings is 1. The molecule has 0 unspecified atom stereocenters. The first-order chi connectivity index (χ1) is 13.4. The molecule has 2 bridgehead atoms. The van der Waals surface area contributed by atoms with Crippen LogP contribution in [0.15, 0.2) is 17.1 Å². The van der Waals surface area contributed by atoms with Gasteiger partial charge in [-0.3, -0.25) is 9.69 Å². The van der Waals surface area contributed by atoms with E-state index in [9.17, 15) is 14.7 Å². The molecule has 8 heteroatoms. The minimum atomic E-state index is -1.30. The summed E-state index contributed by atoms with van der Waals surface area (Å²) in [5.41, 5.74) is -0.138. The van der Waals surface area contributed by atoms with Gasteiger partial charge in [0.05, 0.1) is 18.0 Å². The number of benzene rings is 1. The van der Waals surface area contributed by atoms with Gasteiger partial charge >= 0.3 is 5.97 Å². The molecule has 1 aromatic carbocycles. The molecule has 3 aliphatic rings. The number of carboxylic acids is 1. The van der Waals surface area contributed by atoms with Crippen LogP contribution in [0.5, 0.6) is 5.75 Å². The number of carbonyl (C=O) groups is 1. The Bertz CT molecular complexity index is 1060.